The highest BCUT2D eigenvalue weighted by atomic mass is 16.9. The van der Waals surface area contributed by atoms with Gasteiger partial charge >= 0.3 is 11.9 Å². The van der Waals surface area contributed by atoms with Crippen LogP contribution in [0.15, 0.2) is 0 Å². The molecular formula is C9H16N2O7. The zero-order valence-corrected chi connectivity index (χ0v) is 9.74. The normalized spacial score (nSPS) is 11.6. The molecule has 0 aliphatic carbocycles. The van der Waals surface area contributed by atoms with E-state index in [4.69, 9.17) is 15.6 Å². The largest absolute Gasteiger partial charge is 0.481 e. The molecule has 0 aliphatic heterocycles. The van der Waals surface area contributed by atoms with Crippen LogP contribution in [0.25, 0.3) is 0 Å². The second kappa shape index (κ2) is 9.16. The lowest BCUT2D eigenvalue weighted by Gasteiger charge is -2.10. The number of hydrogen-bond donors (Lipinski definition) is 2. The number of hydrogen-bond acceptors (Lipinski definition) is 7. The summed E-state index contributed by atoms with van der Waals surface area (Å²) in [5.74, 6) is -1.71. The fourth-order valence-corrected chi connectivity index (χ4v) is 1.02. The van der Waals surface area contributed by atoms with Gasteiger partial charge in [-0.3, -0.25) is 9.59 Å². The Hall–Kier alpha value is -1.90. The van der Waals surface area contributed by atoms with Gasteiger partial charge in [0.05, 0.1) is 13.2 Å². The van der Waals surface area contributed by atoms with Gasteiger partial charge in [-0.15, -0.1) is 10.1 Å². The van der Waals surface area contributed by atoms with E-state index in [1.165, 1.54) is 0 Å². The van der Waals surface area contributed by atoms with Crippen molar-refractivity contribution in [3.8, 4) is 0 Å². The maximum absolute atomic E-state index is 11.2. The minimum Gasteiger partial charge on any atom is -0.481 e. The molecule has 0 aromatic carbocycles. The van der Waals surface area contributed by atoms with E-state index in [0.29, 0.717) is 12.8 Å². The number of nitrogens with zero attached hydrogens (tertiary/aromatic N) is 1. The van der Waals surface area contributed by atoms with Gasteiger partial charge in [0.1, 0.15) is 6.04 Å². The first kappa shape index (κ1) is 16.1. The van der Waals surface area contributed by atoms with Crippen molar-refractivity contribution >= 4 is 11.9 Å². The summed E-state index contributed by atoms with van der Waals surface area (Å²) in [6.07, 6.45) is 0.593. The van der Waals surface area contributed by atoms with Crippen LogP contribution in [-0.2, 0) is 19.2 Å². The number of carboxylic acid groups (broad SMARTS) is 1. The molecule has 3 N–H and O–H groups in total. The Morgan fingerprint density at radius 2 is 1.94 bits per heavy atom. The molecule has 9 nitrogen and oxygen atoms in total. The van der Waals surface area contributed by atoms with Crippen LogP contribution in [-0.4, -0.2) is 41.4 Å². The van der Waals surface area contributed by atoms with E-state index < -0.39 is 23.1 Å². The van der Waals surface area contributed by atoms with Crippen LogP contribution in [0.4, 0.5) is 0 Å². The van der Waals surface area contributed by atoms with Crippen molar-refractivity contribution in [1.29, 1.82) is 0 Å². The molecule has 18 heavy (non-hydrogen) atoms. The van der Waals surface area contributed by atoms with Crippen LogP contribution in [0.3, 0.4) is 0 Å². The van der Waals surface area contributed by atoms with Crippen molar-refractivity contribution in [2.75, 3.05) is 13.2 Å². The van der Waals surface area contributed by atoms with Crippen LogP contribution < -0.4 is 5.73 Å². The van der Waals surface area contributed by atoms with Gasteiger partial charge in [0.25, 0.3) is 5.09 Å². The van der Waals surface area contributed by atoms with Gasteiger partial charge in [0.15, 0.2) is 0 Å². The van der Waals surface area contributed by atoms with Gasteiger partial charge in [-0.1, -0.05) is 0 Å². The van der Waals surface area contributed by atoms with Gasteiger partial charge in [-0.05, 0) is 19.3 Å². The summed E-state index contributed by atoms with van der Waals surface area (Å²) in [4.78, 5) is 35.3. The third kappa shape index (κ3) is 9.33. The summed E-state index contributed by atoms with van der Waals surface area (Å²) in [6, 6.07) is -0.962. The minimum absolute atomic E-state index is 0.0125. The smallest absolute Gasteiger partial charge is 0.322 e. The van der Waals surface area contributed by atoms with Gasteiger partial charge in [0.2, 0.25) is 0 Å². The molecule has 0 aromatic heterocycles. The SMILES string of the molecule is NC(CCC(=O)O)C(=O)OCCCCO[N+](=O)[O-]. The van der Waals surface area contributed by atoms with Crippen molar-refractivity contribution in [3.05, 3.63) is 10.1 Å². The summed E-state index contributed by atoms with van der Waals surface area (Å²) in [5, 5.41) is 17.3. The average Bonchev–Trinajstić information content (AvgIpc) is 2.29. The second-order valence-corrected chi connectivity index (χ2v) is 3.47. The molecule has 0 rings (SSSR count). The standard InChI is InChI=1S/C9H16N2O7/c10-7(3-4-8(12)13)9(14)17-5-1-2-6-18-11(15)16/h7H,1-6,10H2,(H,12,13). The molecule has 1 atom stereocenters. The lowest BCUT2D eigenvalue weighted by Crippen LogP contribution is -2.33. The molecular weight excluding hydrogens is 248 g/mol. The molecule has 0 saturated carbocycles. The van der Waals surface area contributed by atoms with Crippen molar-refractivity contribution in [1.82, 2.24) is 0 Å². The lowest BCUT2D eigenvalue weighted by molar-refractivity contribution is -0.757. The zero-order valence-electron chi connectivity index (χ0n) is 9.74. The number of aliphatic carboxylic acids is 1. The average molecular weight is 264 g/mol. The summed E-state index contributed by atoms with van der Waals surface area (Å²) in [7, 11) is 0. The number of esters is 1. The number of unbranched alkanes of at least 4 members (excludes halogenated alkanes) is 1. The van der Waals surface area contributed by atoms with Gasteiger partial charge in [0, 0.05) is 6.42 Å². The molecule has 104 valence electrons. The predicted octanol–water partition coefficient (Wildman–Crippen LogP) is -0.290. The summed E-state index contributed by atoms with van der Waals surface area (Å²) < 4.78 is 4.76. The molecule has 0 bridgehead atoms. The van der Waals surface area contributed by atoms with E-state index in [1.807, 2.05) is 0 Å². The highest BCUT2D eigenvalue weighted by Crippen LogP contribution is 1.99. The molecule has 0 aliphatic rings. The van der Waals surface area contributed by atoms with Crippen LogP contribution in [0.5, 0.6) is 0 Å². The number of carboxylic acids is 1. The van der Waals surface area contributed by atoms with E-state index in [-0.39, 0.29) is 26.1 Å². The van der Waals surface area contributed by atoms with Gasteiger partial charge in [-0.2, -0.15) is 0 Å². The van der Waals surface area contributed by atoms with E-state index in [9.17, 15) is 19.7 Å². The molecule has 0 heterocycles. The Morgan fingerprint density at radius 3 is 2.50 bits per heavy atom. The summed E-state index contributed by atoms with van der Waals surface area (Å²) in [6.45, 7) is 0.0102. The molecule has 0 saturated heterocycles. The Balaban J connectivity index is 3.51. The lowest BCUT2D eigenvalue weighted by atomic mass is 10.2. The Bertz CT molecular complexity index is 295. The monoisotopic (exact) mass is 264 g/mol. The number of nitrogens with two attached hydrogens (primary N) is 1. The van der Waals surface area contributed by atoms with Crippen molar-refractivity contribution in [2.24, 2.45) is 5.73 Å². The molecule has 1 unspecified atom stereocenters. The zero-order chi connectivity index (χ0) is 14.0. The maximum atomic E-state index is 11.2. The fraction of sp³-hybridized carbons (Fsp3) is 0.778. The first-order valence-electron chi connectivity index (χ1n) is 5.34. The Labute approximate surface area is 103 Å². The summed E-state index contributed by atoms with van der Waals surface area (Å²) >= 11 is 0. The molecule has 0 fully saturated rings. The molecule has 0 spiro atoms. The molecule has 0 aromatic rings. The number of carbonyl (C=O) groups is 2. The number of carbonyl (C=O) groups excluding carboxylic acids is 1. The second-order valence-electron chi connectivity index (χ2n) is 3.47. The van der Waals surface area contributed by atoms with Crippen molar-refractivity contribution in [3.63, 3.8) is 0 Å². The van der Waals surface area contributed by atoms with E-state index in [1.54, 1.807) is 0 Å². The number of ether oxygens (including phenoxy) is 1. The maximum Gasteiger partial charge on any atom is 0.322 e. The van der Waals surface area contributed by atoms with E-state index in [2.05, 4.69) is 4.84 Å². The van der Waals surface area contributed by atoms with Crippen LogP contribution in [0.2, 0.25) is 0 Å². The highest BCUT2D eigenvalue weighted by Gasteiger charge is 2.15. The minimum atomic E-state index is -1.03. The summed E-state index contributed by atoms with van der Waals surface area (Å²) in [5.41, 5.74) is 5.39. The first-order chi connectivity index (χ1) is 8.43. The fourth-order valence-electron chi connectivity index (χ4n) is 1.02. The molecule has 0 radical (unpaired) electrons. The highest BCUT2D eigenvalue weighted by molar-refractivity contribution is 5.76. The van der Waals surface area contributed by atoms with E-state index in [0.717, 1.165) is 0 Å². The van der Waals surface area contributed by atoms with Gasteiger partial charge < -0.3 is 20.4 Å². The molecule has 9 heteroatoms. The third-order valence-electron chi connectivity index (χ3n) is 1.95. The Morgan fingerprint density at radius 1 is 1.33 bits per heavy atom. The Kier molecular flexibility index (Phi) is 8.20. The van der Waals surface area contributed by atoms with Gasteiger partial charge in [-0.25, -0.2) is 0 Å². The molecule has 0 amide bonds. The van der Waals surface area contributed by atoms with Crippen molar-refractivity contribution in [2.45, 2.75) is 31.7 Å². The van der Waals surface area contributed by atoms with Crippen molar-refractivity contribution < 1.29 is 29.4 Å². The quantitative estimate of drug-likeness (QED) is 0.237. The predicted molar refractivity (Wildman–Crippen MR) is 58.0 cm³/mol. The van der Waals surface area contributed by atoms with Crippen LogP contribution in [0, 0.1) is 10.1 Å². The number of rotatable bonds is 10. The third-order valence-corrected chi connectivity index (χ3v) is 1.95. The van der Waals surface area contributed by atoms with Crippen LogP contribution in [0.1, 0.15) is 25.7 Å². The van der Waals surface area contributed by atoms with E-state index >= 15 is 0 Å². The van der Waals surface area contributed by atoms with Crippen LogP contribution >= 0.6 is 0 Å². The first-order valence-corrected chi connectivity index (χ1v) is 5.34. The topological polar surface area (TPSA) is 142 Å².